The Hall–Kier alpha value is -3.43. The van der Waals surface area contributed by atoms with E-state index < -0.39 is 42.5 Å². The molecule has 1 heterocycles. The summed E-state index contributed by atoms with van der Waals surface area (Å²) in [5.41, 5.74) is 0.683. The standard InChI is InChI=1S/C19H22N2O8/c1-12(22)29-17(18(25)26)16(14(23)10-21-9-5-8-15(21)24)20-19(27)28-11-13-6-3-2-4-7-13/h2-4,6-7,16-17H,5,8-11H2,1H3,(H,20,27)(H,25,26). The number of likely N-dealkylation sites (tertiary alicyclic amines) is 1. The van der Waals surface area contributed by atoms with E-state index in [4.69, 9.17) is 9.47 Å². The SMILES string of the molecule is CC(=O)OC(C(=O)O)C(NC(=O)OCc1ccccc1)C(=O)CN1CCCC1=O. The number of aliphatic carboxylic acids is 1. The zero-order chi connectivity index (χ0) is 21.4. The lowest BCUT2D eigenvalue weighted by Crippen LogP contribution is -2.55. The van der Waals surface area contributed by atoms with Crippen LogP contribution in [0.1, 0.15) is 25.3 Å². The van der Waals surface area contributed by atoms with Gasteiger partial charge in [-0.15, -0.1) is 0 Å². The lowest BCUT2D eigenvalue weighted by molar-refractivity contribution is -0.166. The highest BCUT2D eigenvalue weighted by atomic mass is 16.6. The Morgan fingerprint density at radius 3 is 2.45 bits per heavy atom. The van der Waals surface area contributed by atoms with Crippen LogP contribution in [0, 0.1) is 0 Å². The average Bonchev–Trinajstić information content (AvgIpc) is 3.07. The summed E-state index contributed by atoms with van der Waals surface area (Å²) in [6.07, 6.45) is -2.15. The number of Topliss-reactive ketones (excluding diaryl/α,β-unsaturated/α-hetero) is 1. The second-order valence-corrected chi connectivity index (χ2v) is 6.44. The molecule has 0 radical (unpaired) electrons. The number of nitrogens with zero attached hydrogens (tertiary/aromatic N) is 1. The summed E-state index contributed by atoms with van der Waals surface area (Å²) in [5.74, 6) is -3.59. The van der Waals surface area contributed by atoms with Crippen LogP contribution in [0.5, 0.6) is 0 Å². The number of nitrogens with one attached hydrogen (secondary N) is 1. The minimum Gasteiger partial charge on any atom is -0.478 e. The van der Waals surface area contributed by atoms with Crippen molar-refractivity contribution in [1.29, 1.82) is 0 Å². The predicted molar refractivity (Wildman–Crippen MR) is 97.6 cm³/mol. The van der Waals surface area contributed by atoms with Gasteiger partial charge in [0.05, 0.1) is 6.54 Å². The van der Waals surface area contributed by atoms with Crippen LogP contribution < -0.4 is 5.32 Å². The molecule has 1 saturated heterocycles. The largest absolute Gasteiger partial charge is 0.478 e. The third kappa shape index (κ3) is 6.59. The zero-order valence-corrected chi connectivity index (χ0v) is 15.8. The van der Waals surface area contributed by atoms with E-state index in [0.29, 0.717) is 18.5 Å². The first-order chi connectivity index (χ1) is 13.8. The molecule has 2 N–H and O–H groups in total. The summed E-state index contributed by atoms with van der Waals surface area (Å²) in [7, 11) is 0. The third-order valence-corrected chi connectivity index (χ3v) is 4.19. The van der Waals surface area contributed by atoms with Crippen LogP contribution in [0.4, 0.5) is 4.79 Å². The zero-order valence-electron chi connectivity index (χ0n) is 15.8. The van der Waals surface area contributed by atoms with Crippen molar-refractivity contribution in [2.45, 2.75) is 38.5 Å². The predicted octanol–water partition coefficient (Wildman–Crippen LogP) is 0.489. The highest BCUT2D eigenvalue weighted by Crippen LogP contribution is 2.12. The van der Waals surface area contributed by atoms with Gasteiger partial charge >= 0.3 is 18.0 Å². The number of ether oxygens (including phenoxy) is 2. The summed E-state index contributed by atoms with van der Waals surface area (Å²) < 4.78 is 9.74. The Morgan fingerprint density at radius 2 is 1.90 bits per heavy atom. The van der Waals surface area contributed by atoms with E-state index in [0.717, 1.165) is 6.92 Å². The van der Waals surface area contributed by atoms with Gasteiger partial charge in [0.2, 0.25) is 12.0 Å². The Balaban J connectivity index is 2.10. The van der Waals surface area contributed by atoms with E-state index >= 15 is 0 Å². The number of alkyl carbamates (subject to hydrolysis) is 1. The van der Waals surface area contributed by atoms with Crippen molar-refractivity contribution < 1.29 is 38.6 Å². The van der Waals surface area contributed by atoms with Gasteiger partial charge in [-0.3, -0.25) is 14.4 Å². The van der Waals surface area contributed by atoms with Crippen LogP contribution >= 0.6 is 0 Å². The Morgan fingerprint density at radius 1 is 1.21 bits per heavy atom. The van der Waals surface area contributed by atoms with Gasteiger partial charge in [0.1, 0.15) is 12.6 Å². The highest BCUT2D eigenvalue weighted by Gasteiger charge is 2.39. The van der Waals surface area contributed by atoms with Gasteiger partial charge < -0.3 is 24.8 Å². The number of amides is 2. The Bertz CT molecular complexity index is 780. The molecule has 0 bridgehead atoms. The number of carbonyl (C=O) groups excluding carboxylic acids is 4. The molecule has 29 heavy (non-hydrogen) atoms. The van der Waals surface area contributed by atoms with Gasteiger partial charge in [-0.1, -0.05) is 30.3 Å². The maximum absolute atomic E-state index is 12.7. The van der Waals surface area contributed by atoms with Crippen molar-refractivity contribution in [3.8, 4) is 0 Å². The van der Waals surface area contributed by atoms with Crippen LogP contribution in [0.2, 0.25) is 0 Å². The van der Waals surface area contributed by atoms with Gasteiger partial charge in [-0.05, 0) is 12.0 Å². The van der Waals surface area contributed by atoms with E-state index in [1.807, 2.05) is 0 Å². The average molecular weight is 406 g/mol. The molecule has 1 aromatic carbocycles. The normalized spacial score (nSPS) is 15.3. The molecule has 0 saturated carbocycles. The molecular weight excluding hydrogens is 384 g/mol. The minimum absolute atomic E-state index is 0.108. The van der Waals surface area contributed by atoms with Gasteiger partial charge in [-0.25, -0.2) is 9.59 Å². The van der Waals surface area contributed by atoms with E-state index in [-0.39, 0.29) is 18.9 Å². The van der Waals surface area contributed by atoms with Crippen molar-refractivity contribution in [2.75, 3.05) is 13.1 Å². The van der Waals surface area contributed by atoms with E-state index in [2.05, 4.69) is 5.32 Å². The topological polar surface area (TPSA) is 139 Å². The summed E-state index contributed by atoms with van der Waals surface area (Å²) in [6.45, 7) is 0.813. The van der Waals surface area contributed by atoms with Crippen molar-refractivity contribution in [1.82, 2.24) is 10.2 Å². The van der Waals surface area contributed by atoms with Gasteiger partial charge in [0.25, 0.3) is 0 Å². The molecule has 10 heteroatoms. The monoisotopic (exact) mass is 406 g/mol. The summed E-state index contributed by atoms with van der Waals surface area (Å²) in [5, 5.41) is 11.5. The number of ketones is 1. The van der Waals surface area contributed by atoms with E-state index in [1.165, 1.54) is 4.90 Å². The quantitative estimate of drug-likeness (QED) is 0.565. The first-order valence-electron chi connectivity index (χ1n) is 8.95. The molecule has 2 rings (SSSR count). The summed E-state index contributed by atoms with van der Waals surface area (Å²) in [6, 6.07) is 7.00. The summed E-state index contributed by atoms with van der Waals surface area (Å²) in [4.78, 5) is 60.6. The van der Waals surface area contributed by atoms with Crippen molar-refractivity contribution >= 4 is 29.7 Å². The molecule has 1 aliphatic heterocycles. The molecule has 0 aromatic heterocycles. The molecule has 1 fully saturated rings. The van der Waals surface area contributed by atoms with Crippen molar-refractivity contribution in [3.05, 3.63) is 35.9 Å². The molecule has 2 unspecified atom stereocenters. The fourth-order valence-corrected chi connectivity index (χ4v) is 2.81. The maximum atomic E-state index is 12.7. The molecule has 1 aliphatic rings. The first-order valence-corrected chi connectivity index (χ1v) is 8.95. The second kappa shape index (κ2) is 10.2. The van der Waals surface area contributed by atoms with E-state index in [1.54, 1.807) is 30.3 Å². The smallest absolute Gasteiger partial charge is 0.408 e. The van der Waals surface area contributed by atoms with Gasteiger partial charge in [0.15, 0.2) is 5.78 Å². The van der Waals surface area contributed by atoms with Gasteiger partial charge in [0, 0.05) is 19.9 Å². The number of esters is 1. The number of carbonyl (C=O) groups is 5. The number of carboxylic acids is 1. The molecule has 0 aliphatic carbocycles. The first kappa shape index (κ1) is 21.9. The number of rotatable bonds is 9. The van der Waals surface area contributed by atoms with Crippen LogP contribution in [0.25, 0.3) is 0 Å². The van der Waals surface area contributed by atoms with Crippen molar-refractivity contribution in [3.63, 3.8) is 0 Å². The molecular formula is C19H22N2O8. The third-order valence-electron chi connectivity index (χ3n) is 4.19. The lowest BCUT2D eigenvalue weighted by atomic mass is 10.1. The maximum Gasteiger partial charge on any atom is 0.408 e. The van der Waals surface area contributed by atoms with Crippen LogP contribution in [-0.4, -0.2) is 65.0 Å². The van der Waals surface area contributed by atoms with E-state index in [9.17, 15) is 29.1 Å². The number of hydrogen-bond donors (Lipinski definition) is 2. The second-order valence-electron chi connectivity index (χ2n) is 6.44. The highest BCUT2D eigenvalue weighted by molar-refractivity contribution is 5.96. The molecule has 2 atom stereocenters. The lowest BCUT2D eigenvalue weighted by Gasteiger charge is -2.25. The molecule has 1 aromatic rings. The fraction of sp³-hybridized carbons (Fsp3) is 0.421. The molecule has 10 nitrogen and oxygen atoms in total. The van der Waals surface area contributed by atoms with Gasteiger partial charge in [-0.2, -0.15) is 0 Å². The molecule has 2 amide bonds. The minimum atomic E-state index is -1.96. The molecule has 156 valence electrons. The van der Waals surface area contributed by atoms with Crippen LogP contribution in [0.15, 0.2) is 30.3 Å². The van der Waals surface area contributed by atoms with Crippen molar-refractivity contribution in [2.24, 2.45) is 0 Å². The Kier molecular flexibility index (Phi) is 7.70. The number of carboxylic acid groups (broad SMARTS) is 1. The number of hydrogen-bond acceptors (Lipinski definition) is 7. The summed E-state index contributed by atoms with van der Waals surface area (Å²) >= 11 is 0. The van der Waals surface area contributed by atoms with Crippen LogP contribution in [-0.2, 0) is 35.3 Å². The fourth-order valence-electron chi connectivity index (χ4n) is 2.81. The number of benzene rings is 1. The van der Waals surface area contributed by atoms with Crippen LogP contribution in [0.3, 0.4) is 0 Å². The Labute approximate surface area is 166 Å². The molecule has 0 spiro atoms.